The van der Waals surface area contributed by atoms with Gasteiger partial charge in [0.2, 0.25) is 0 Å². The van der Waals surface area contributed by atoms with Crippen LogP contribution in [-0.4, -0.2) is 71.4 Å². The van der Waals surface area contributed by atoms with Crippen molar-refractivity contribution in [2.75, 3.05) is 0 Å². The first kappa shape index (κ1) is 15.7. The fourth-order valence-corrected chi connectivity index (χ4v) is 0. The molecule has 0 aliphatic rings. The van der Waals surface area contributed by atoms with Crippen LogP contribution in [0.3, 0.4) is 0 Å². The zero-order valence-corrected chi connectivity index (χ0v) is 6.70. The average molecular weight is 156 g/mol. The summed E-state index contributed by atoms with van der Waals surface area (Å²) < 4.78 is 0. The molecule has 0 rings (SSSR count). The molecule has 7 heteroatoms. The second kappa shape index (κ2) is 5.41. The van der Waals surface area contributed by atoms with Crippen LogP contribution in [0.5, 0.6) is 0 Å². The Morgan fingerprint density at radius 1 is 1.00 bits per heavy atom. The summed E-state index contributed by atoms with van der Waals surface area (Å²) in [5.74, 6) is 0. The molecule has 0 aliphatic carbocycles. The van der Waals surface area contributed by atoms with E-state index in [1.807, 2.05) is 0 Å². The average Bonchev–Trinajstić information content (AvgIpc) is 0.722. The molecular formula is H8CaO5Si. The Bertz CT molecular complexity index is 30.4. The van der Waals surface area contributed by atoms with Crippen LogP contribution in [0.15, 0.2) is 0 Å². The molecule has 0 aromatic rings. The summed E-state index contributed by atoms with van der Waals surface area (Å²) in [6, 6.07) is 0. The molecule has 0 aliphatic heterocycles. The first-order valence-corrected chi connectivity index (χ1v) is 2.68. The minimum absolute atomic E-state index is 0. The van der Waals surface area contributed by atoms with Crippen molar-refractivity contribution in [3.05, 3.63) is 0 Å². The fourth-order valence-electron chi connectivity index (χ4n) is 0. The molecule has 7 heavy (non-hydrogen) atoms. The molecule has 44 valence electrons. The van der Waals surface area contributed by atoms with Gasteiger partial charge in [0.05, 0.1) is 0 Å². The quantitative estimate of drug-likeness (QED) is 0.271. The molecule has 0 unspecified atom stereocenters. The Balaban J connectivity index is -0.0000000133. The summed E-state index contributed by atoms with van der Waals surface area (Å²) in [5, 5.41) is 0. The molecule has 0 atom stereocenters. The zero-order chi connectivity index (χ0) is 4.50. The Kier molecular flexibility index (Phi) is 12.2. The summed E-state index contributed by atoms with van der Waals surface area (Å²) in [5.41, 5.74) is 0. The van der Waals surface area contributed by atoms with Gasteiger partial charge in [0.1, 0.15) is 0 Å². The van der Waals surface area contributed by atoms with Gasteiger partial charge in [0.25, 0.3) is 0 Å². The van der Waals surface area contributed by atoms with Gasteiger partial charge in [-0.1, -0.05) is 0 Å². The minimum Gasteiger partial charge on any atom is -1.00 e. The van der Waals surface area contributed by atoms with Crippen LogP contribution >= 0.6 is 0 Å². The van der Waals surface area contributed by atoms with Gasteiger partial charge in [-0.25, -0.2) is 0 Å². The maximum Gasteiger partial charge on any atom is 2.00 e. The predicted molar refractivity (Wildman–Crippen MR) is 26.2 cm³/mol. The molecule has 0 saturated carbocycles. The molecule has 5 nitrogen and oxygen atoms in total. The van der Waals surface area contributed by atoms with Crippen molar-refractivity contribution in [2.45, 2.75) is 0 Å². The first-order chi connectivity index (χ1) is 2.00. The van der Waals surface area contributed by atoms with E-state index in [0.717, 1.165) is 0 Å². The molecule has 0 saturated heterocycles. The molecule has 0 aromatic heterocycles. The number of rotatable bonds is 0. The van der Waals surface area contributed by atoms with Crippen LogP contribution in [0, 0.1) is 0 Å². The van der Waals surface area contributed by atoms with Crippen molar-refractivity contribution < 1.29 is 27.5 Å². The standard InChI is InChI=1S/Ca.H4O4Si.H2O.2H/c;1-5(2,3)4;;;/h;1-4H;1H2;;/q+2;;;2*-1. The van der Waals surface area contributed by atoms with E-state index in [0.29, 0.717) is 0 Å². The third-order valence-electron chi connectivity index (χ3n) is 0. The molecule has 0 heterocycles. The smallest absolute Gasteiger partial charge is 1.00 e. The van der Waals surface area contributed by atoms with Crippen molar-refractivity contribution in [3.63, 3.8) is 0 Å². The van der Waals surface area contributed by atoms with Gasteiger partial charge >= 0.3 is 46.8 Å². The van der Waals surface area contributed by atoms with E-state index >= 15 is 0 Å². The van der Waals surface area contributed by atoms with Gasteiger partial charge in [-0.05, 0) is 0 Å². The third-order valence-corrected chi connectivity index (χ3v) is 0. The number of hydrogen-bond donors (Lipinski definition) is 4. The SMILES string of the molecule is O.O[Si](O)(O)O.[Ca+2].[H-].[H-]. The Labute approximate surface area is 74.0 Å². The number of hydrogen-bond acceptors (Lipinski definition) is 4. The Morgan fingerprint density at radius 3 is 1.00 bits per heavy atom. The molecule has 0 aromatic carbocycles. The molecule has 0 amide bonds. The van der Waals surface area contributed by atoms with E-state index in [-0.39, 0.29) is 46.1 Å². The van der Waals surface area contributed by atoms with Gasteiger partial charge in [0.15, 0.2) is 0 Å². The van der Waals surface area contributed by atoms with Crippen LogP contribution in [0.1, 0.15) is 2.85 Å². The monoisotopic (exact) mass is 156 g/mol. The summed E-state index contributed by atoms with van der Waals surface area (Å²) in [4.78, 5) is 29.3. The van der Waals surface area contributed by atoms with Gasteiger partial charge in [-0.15, -0.1) is 0 Å². The zero-order valence-electron chi connectivity index (χ0n) is 5.50. The van der Waals surface area contributed by atoms with Crippen LogP contribution in [-0.2, 0) is 0 Å². The van der Waals surface area contributed by atoms with Crippen molar-refractivity contribution in [2.24, 2.45) is 0 Å². The second-order valence-electron chi connectivity index (χ2n) is 0.600. The first-order valence-electron chi connectivity index (χ1n) is 0.894. The third kappa shape index (κ3) is 124. The van der Waals surface area contributed by atoms with Gasteiger partial charge in [-0.2, -0.15) is 0 Å². The normalized spacial score (nSPS) is 8.57. The van der Waals surface area contributed by atoms with E-state index in [4.69, 9.17) is 19.2 Å². The molecule has 6 N–H and O–H groups in total. The van der Waals surface area contributed by atoms with E-state index in [1.54, 1.807) is 0 Å². The van der Waals surface area contributed by atoms with Crippen molar-refractivity contribution >= 4 is 46.8 Å². The van der Waals surface area contributed by atoms with Crippen molar-refractivity contribution in [1.82, 2.24) is 0 Å². The van der Waals surface area contributed by atoms with Crippen molar-refractivity contribution in [1.29, 1.82) is 0 Å². The van der Waals surface area contributed by atoms with Gasteiger partial charge in [0, 0.05) is 0 Å². The molecule has 0 bridgehead atoms. The Hall–Kier alpha value is 1.28. The summed E-state index contributed by atoms with van der Waals surface area (Å²) >= 11 is 0. The Morgan fingerprint density at radius 2 is 1.00 bits per heavy atom. The van der Waals surface area contributed by atoms with E-state index < -0.39 is 9.05 Å². The molecule has 0 radical (unpaired) electrons. The molecular weight excluding hydrogens is 148 g/mol. The fraction of sp³-hybridized carbons (Fsp3) is 0. The van der Waals surface area contributed by atoms with Crippen LogP contribution in [0.2, 0.25) is 0 Å². The predicted octanol–water partition coefficient (Wildman–Crippen LogP) is -3.59. The second-order valence-corrected chi connectivity index (χ2v) is 1.80. The summed E-state index contributed by atoms with van der Waals surface area (Å²) in [6.07, 6.45) is 0. The van der Waals surface area contributed by atoms with Gasteiger partial charge < -0.3 is 27.5 Å². The minimum atomic E-state index is -4.61. The van der Waals surface area contributed by atoms with E-state index in [2.05, 4.69) is 0 Å². The largest absolute Gasteiger partial charge is 2.00 e. The molecule has 0 fully saturated rings. The maximum absolute atomic E-state index is 7.33. The van der Waals surface area contributed by atoms with Crippen molar-refractivity contribution in [3.8, 4) is 0 Å². The molecule has 0 spiro atoms. The maximum atomic E-state index is 7.33. The topological polar surface area (TPSA) is 112 Å². The van der Waals surface area contributed by atoms with Crippen LogP contribution in [0.25, 0.3) is 0 Å². The van der Waals surface area contributed by atoms with Gasteiger partial charge in [-0.3, -0.25) is 0 Å². The van der Waals surface area contributed by atoms with E-state index in [9.17, 15) is 0 Å². The summed E-state index contributed by atoms with van der Waals surface area (Å²) in [7, 11) is -4.61. The van der Waals surface area contributed by atoms with Crippen LogP contribution < -0.4 is 0 Å². The van der Waals surface area contributed by atoms with E-state index in [1.165, 1.54) is 0 Å². The summed E-state index contributed by atoms with van der Waals surface area (Å²) in [6.45, 7) is 0. The van der Waals surface area contributed by atoms with Crippen LogP contribution in [0.4, 0.5) is 0 Å².